The molecule has 1 amide bonds. The summed E-state index contributed by atoms with van der Waals surface area (Å²) in [7, 11) is 0. The van der Waals surface area contributed by atoms with Crippen molar-refractivity contribution in [2.45, 2.75) is 30.8 Å². The second-order valence-electron chi connectivity index (χ2n) is 6.89. The van der Waals surface area contributed by atoms with Gasteiger partial charge in [-0.1, -0.05) is 11.8 Å². The Morgan fingerprint density at radius 2 is 1.83 bits per heavy atom. The first-order chi connectivity index (χ1) is 11.7. The number of aliphatic hydroxyl groups is 1. The van der Waals surface area contributed by atoms with Gasteiger partial charge in [-0.25, -0.2) is 9.97 Å². The molecule has 0 bridgehead atoms. The molecule has 0 radical (unpaired) electrons. The molecule has 0 spiro atoms. The molecule has 2 aliphatic rings. The third-order valence-electron chi connectivity index (χ3n) is 5.26. The molecule has 2 fully saturated rings. The van der Waals surface area contributed by atoms with Crippen LogP contribution in [0.2, 0.25) is 0 Å². The van der Waals surface area contributed by atoms with Gasteiger partial charge in [-0.15, -0.1) is 0 Å². The molecule has 0 saturated carbocycles. The zero-order valence-electron chi connectivity index (χ0n) is 14.3. The summed E-state index contributed by atoms with van der Waals surface area (Å²) in [5.41, 5.74) is 0.490. The highest BCUT2D eigenvalue weighted by Gasteiger charge is 2.37. The zero-order chi connectivity index (χ0) is 17.0. The summed E-state index contributed by atoms with van der Waals surface area (Å²) in [4.78, 5) is 25.3. The molecule has 1 aromatic rings. The van der Waals surface area contributed by atoms with Crippen LogP contribution in [-0.4, -0.2) is 76.4 Å². The summed E-state index contributed by atoms with van der Waals surface area (Å²) in [6.45, 7) is 4.83. The van der Waals surface area contributed by atoms with Gasteiger partial charge in [0.05, 0.1) is 12.2 Å². The number of carbonyl (C=O) groups excluding carboxylic acids is 1. The van der Waals surface area contributed by atoms with Gasteiger partial charge in [0.2, 0.25) is 0 Å². The van der Waals surface area contributed by atoms with E-state index in [1.807, 2.05) is 11.2 Å². The largest absolute Gasteiger partial charge is 0.396 e. The van der Waals surface area contributed by atoms with Crippen LogP contribution in [0.4, 0.5) is 0 Å². The minimum absolute atomic E-state index is 0.00429. The molecule has 3 rings (SSSR count). The van der Waals surface area contributed by atoms with Gasteiger partial charge in [0.1, 0.15) is 0 Å². The third-order valence-corrected chi connectivity index (χ3v) is 5.84. The minimum atomic E-state index is -0.0552. The van der Waals surface area contributed by atoms with E-state index in [2.05, 4.69) is 14.9 Å². The van der Waals surface area contributed by atoms with Gasteiger partial charge in [0, 0.05) is 37.4 Å². The van der Waals surface area contributed by atoms with Crippen molar-refractivity contribution in [3.8, 4) is 0 Å². The highest BCUT2D eigenvalue weighted by atomic mass is 32.2. The van der Waals surface area contributed by atoms with Gasteiger partial charge in [-0.2, -0.15) is 0 Å². The summed E-state index contributed by atoms with van der Waals surface area (Å²) in [6.07, 6.45) is 9.37. The van der Waals surface area contributed by atoms with Crippen molar-refractivity contribution in [2.75, 3.05) is 45.6 Å². The summed E-state index contributed by atoms with van der Waals surface area (Å²) in [6, 6.07) is 0. The van der Waals surface area contributed by atoms with E-state index in [0.29, 0.717) is 23.8 Å². The van der Waals surface area contributed by atoms with E-state index in [4.69, 9.17) is 0 Å². The highest BCUT2D eigenvalue weighted by Crippen LogP contribution is 2.33. The summed E-state index contributed by atoms with van der Waals surface area (Å²) in [5.74, 6) is -0.00429. The first-order valence-electron chi connectivity index (χ1n) is 8.64. The second-order valence-corrected chi connectivity index (χ2v) is 7.67. The maximum atomic E-state index is 12.6. The van der Waals surface area contributed by atoms with Gasteiger partial charge >= 0.3 is 0 Å². The quantitative estimate of drug-likeness (QED) is 0.641. The molecular formula is C17H26N4O2S. The molecule has 24 heavy (non-hydrogen) atoms. The molecule has 3 heterocycles. The number of thioether (sulfide) groups is 1. The topological polar surface area (TPSA) is 69.6 Å². The molecule has 132 valence electrons. The van der Waals surface area contributed by atoms with Gasteiger partial charge in [-0.3, -0.25) is 4.79 Å². The van der Waals surface area contributed by atoms with E-state index >= 15 is 0 Å². The number of rotatable bonds is 5. The first-order valence-corrected chi connectivity index (χ1v) is 9.87. The van der Waals surface area contributed by atoms with Crippen LogP contribution in [0.5, 0.6) is 0 Å². The Bertz CT molecular complexity index is 552. The average Bonchev–Trinajstić information content (AvgIpc) is 3.14. The summed E-state index contributed by atoms with van der Waals surface area (Å²) < 4.78 is 0. The fraction of sp³-hybridized carbons (Fsp3) is 0.706. The molecule has 1 aromatic heterocycles. The first kappa shape index (κ1) is 17.6. The Morgan fingerprint density at radius 1 is 1.21 bits per heavy atom. The number of likely N-dealkylation sites (tertiary alicyclic amines) is 2. The summed E-state index contributed by atoms with van der Waals surface area (Å²) in [5, 5.41) is 10.6. The van der Waals surface area contributed by atoms with Gasteiger partial charge < -0.3 is 14.9 Å². The second kappa shape index (κ2) is 7.80. The van der Waals surface area contributed by atoms with E-state index in [0.717, 1.165) is 32.5 Å². The molecule has 2 saturated heterocycles. The Balaban J connectivity index is 1.59. The number of amides is 1. The maximum absolute atomic E-state index is 12.6. The van der Waals surface area contributed by atoms with Crippen LogP contribution < -0.4 is 0 Å². The Labute approximate surface area is 147 Å². The predicted octanol–water partition coefficient (Wildman–Crippen LogP) is 1.51. The Kier molecular flexibility index (Phi) is 5.73. The van der Waals surface area contributed by atoms with Crippen molar-refractivity contribution in [1.82, 2.24) is 19.8 Å². The van der Waals surface area contributed by atoms with Crippen LogP contribution in [0.15, 0.2) is 17.6 Å². The zero-order valence-corrected chi connectivity index (χ0v) is 15.1. The minimum Gasteiger partial charge on any atom is -0.396 e. The lowest BCUT2D eigenvalue weighted by atomic mass is 9.78. The van der Waals surface area contributed by atoms with E-state index in [1.165, 1.54) is 24.6 Å². The van der Waals surface area contributed by atoms with E-state index < -0.39 is 0 Å². The normalized spacial score (nSPS) is 21.2. The van der Waals surface area contributed by atoms with E-state index in [9.17, 15) is 9.90 Å². The van der Waals surface area contributed by atoms with E-state index in [1.54, 1.807) is 12.4 Å². The fourth-order valence-electron chi connectivity index (χ4n) is 3.68. The number of aromatic nitrogens is 2. The lowest BCUT2D eigenvalue weighted by molar-refractivity contribution is 0.0178. The molecule has 0 aromatic carbocycles. The average molecular weight is 350 g/mol. The lowest BCUT2D eigenvalue weighted by Crippen LogP contribution is -2.49. The number of nitrogens with zero attached hydrogens (tertiary/aromatic N) is 4. The molecule has 0 aliphatic carbocycles. The Hall–Kier alpha value is -1.18. The fourth-order valence-corrected chi connectivity index (χ4v) is 4.00. The maximum Gasteiger partial charge on any atom is 0.256 e. The standard InChI is InChI=1S/C17H26N4O2S/c1-24-16-18-10-14(11-19-16)15(23)21-8-4-17(13-22,5-9-21)12-20-6-2-3-7-20/h10-11,22H,2-9,12-13H2,1H3. The summed E-state index contributed by atoms with van der Waals surface area (Å²) >= 11 is 1.46. The van der Waals surface area contributed by atoms with Crippen LogP contribution in [-0.2, 0) is 0 Å². The number of aliphatic hydroxyl groups excluding tert-OH is 1. The van der Waals surface area contributed by atoms with Crippen molar-refractivity contribution in [1.29, 1.82) is 0 Å². The van der Waals surface area contributed by atoms with Crippen molar-refractivity contribution >= 4 is 17.7 Å². The van der Waals surface area contributed by atoms with Crippen molar-refractivity contribution in [3.05, 3.63) is 18.0 Å². The molecule has 0 unspecified atom stereocenters. The number of carbonyl (C=O) groups is 1. The van der Waals surface area contributed by atoms with Crippen LogP contribution >= 0.6 is 11.8 Å². The van der Waals surface area contributed by atoms with Crippen LogP contribution in [0, 0.1) is 5.41 Å². The monoisotopic (exact) mass is 350 g/mol. The third kappa shape index (κ3) is 3.90. The molecule has 0 atom stereocenters. The highest BCUT2D eigenvalue weighted by molar-refractivity contribution is 7.98. The van der Waals surface area contributed by atoms with Crippen LogP contribution in [0.25, 0.3) is 0 Å². The smallest absolute Gasteiger partial charge is 0.256 e. The van der Waals surface area contributed by atoms with Gasteiger partial charge in [0.25, 0.3) is 5.91 Å². The van der Waals surface area contributed by atoms with Crippen molar-refractivity contribution in [3.63, 3.8) is 0 Å². The number of hydrogen-bond donors (Lipinski definition) is 1. The molecule has 7 heteroatoms. The van der Waals surface area contributed by atoms with Crippen LogP contribution in [0.3, 0.4) is 0 Å². The number of hydrogen-bond acceptors (Lipinski definition) is 6. The van der Waals surface area contributed by atoms with Gasteiger partial charge in [-0.05, 0) is 45.0 Å². The lowest BCUT2D eigenvalue weighted by Gasteiger charge is -2.42. The van der Waals surface area contributed by atoms with Gasteiger partial charge in [0.15, 0.2) is 5.16 Å². The number of piperidine rings is 1. The van der Waals surface area contributed by atoms with Crippen molar-refractivity contribution < 1.29 is 9.90 Å². The Morgan fingerprint density at radius 3 is 2.38 bits per heavy atom. The van der Waals surface area contributed by atoms with Crippen LogP contribution in [0.1, 0.15) is 36.0 Å². The SMILES string of the molecule is CSc1ncc(C(=O)N2CCC(CO)(CN3CCCC3)CC2)cn1. The van der Waals surface area contributed by atoms with Crippen molar-refractivity contribution in [2.24, 2.45) is 5.41 Å². The molecular weight excluding hydrogens is 324 g/mol. The predicted molar refractivity (Wildman–Crippen MR) is 94.1 cm³/mol. The molecule has 1 N–H and O–H groups in total. The molecule has 6 nitrogen and oxygen atoms in total. The molecule has 2 aliphatic heterocycles. The van der Waals surface area contributed by atoms with E-state index in [-0.39, 0.29) is 17.9 Å².